The number of hydrogen-bond donors (Lipinski definition) is 2. The van der Waals surface area contributed by atoms with E-state index in [1.54, 1.807) is 6.07 Å². The number of nitrogens with one attached hydrogen (secondary N) is 1. The van der Waals surface area contributed by atoms with Crippen molar-refractivity contribution >= 4 is 32.5 Å². The van der Waals surface area contributed by atoms with Crippen LogP contribution < -0.4 is 4.72 Å². The second kappa shape index (κ2) is 5.47. The molecule has 108 valence electrons. The molecule has 0 bridgehead atoms. The molecule has 2 aromatic rings. The van der Waals surface area contributed by atoms with Gasteiger partial charge in [0.2, 0.25) is 0 Å². The van der Waals surface area contributed by atoms with Gasteiger partial charge in [0.15, 0.2) is 0 Å². The normalized spacial score (nSPS) is 10.9. The molecule has 0 atom stereocenters. The summed E-state index contributed by atoms with van der Waals surface area (Å²) in [6.45, 7) is 1.47. The molecule has 0 unspecified atom stereocenters. The molecule has 2 rings (SSSR count). The van der Waals surface area contributed by atoms with Gasteiger partial charge in [-0.25, -0.2) is 18.2 Å². The summed E-state index contributed by atoms with van der Waals surface area (Å²) < 4.78 is 30.3. The van der Waals surface area contributed by atoms with Crippen LogP contribution in [0.25, 0.3) is 0 Å². The van der Waals surface area contributed by atoms with Crippen LogP contribution in [-0.4, -0.2) is 28.9 Å². The number of carboxylic acid groups (broad SMARTS) is 1. The van der Waals surface area contributed by atoms with Crippen LogP contribution in [0.15, 0.2) is 23.2 Å². The van der Waals surface area contributed by atoms with Crippen LogP contribution >= 0.6 is 11.5 Å². The zero-order valence-electron chi connectivity index (χ0n) is 10.6. The minimum absolute atomic E-state index is 0.0776. The van der Waals surface area contributed by atoms with Crippen molar-refractivity contribution in [3.05, 3.63) is 35.3 Å². The molecule has 0 aliphatic carbocycles. The maximum atomic E-state index is 12.1. The molecule has 0 saturated heterocycles. The molecule has 10 heteroatoms. The van der Waals surface area contributed by atoms with Crippen LogP contribution in [0, 0.1) is 18.3 Å². The van der Waals surface area contributed by atoms with Crippen molar-refractivity contribution in [3.63, 3.8) is 0 Å². The van der Waals surface area contributed by atoms with Crippen molar-refractivity contribution in [2.45, 2.75) is 11.8 Å². The number of aryl methyl sites for hydroxylation is 1. The Balaban J connectivity index is 2.38. The third-order valence-corrected chi connectivity index (χ3v) is 4.78. The quantitative estimate of drug-likeness (QED) is 0.863. The smallest absolute Gasteiger partial charge is 0.340 e. The Morgan fingerprint density at radius 1 is 1.48 bits per heavy atom. The zero-order chi connectivity index (χ0) is 15.6. The Hall–Kier alpha value is -2.51. The molecule has 0 saturated carbocycles. The lowest BCUT2D eigenvalue weighted by Crippen LogP contribution is -2.14. The van der Waals surface area contributed by atoms with Gasteiger partial charge in [0.1, 0.15) is 27.2 Å². The summed E-state index contributed by atoms with van der Waals surface area (Å²) in [5.41, 5.74) is 0.113. The highest BCUT2D eigenvalue weighted by atomic mass is 32.2. The van der Waals surface area contributed by atoms with E-state index in [0.717, 1.165) is 17.7 Å². The van der Waals surface area contributed by atoms with Gasteiger partial charge in [-0.3, -0.25) is 4.72 Å². The number of nitriles is 1. The van der Waals surface area contributed by atoms with Crippen LogP contribution in [0.4, 0.5) is 5.00 Å². The number of pyridine rings is 1. The summed E-state index contributed by atoms with van der Waals surface area (Å²) >= 11 is 0.740. The van der Waals surface area contributed by atoms with Crippen LogP contribution in [0.1, 0.15) is 21.7 Å². The largest absolute Gasteiger partial charge is 0.478 e. The van der Waals surface area contributed by atoms with Crippen LogP contribution in [0.2, 0.25) is 0 Å². The number of rotatable bonds is 4. The first-order valence-electron chi connectivity index (χ1n) is 5.43. The van der Waals surface area contributed by atoms with Gasteiger partial charge in [-0.15, -0.1) is 0 Å². The predicted molar refractivity (Wildman–Crippen MR) is 73.6 cm³/mol. The summed E-state index contributed by atoms with van der Waals surface area (Å²) in [5, 5.41) is 17.6. The molecule has 0 fully saturated rings. The highest BCUT2D eigenvalue weighted by molar-refractivity contribution is 7.93. The first kappa shape index (κ1) is 14.9. The molecule has 2 N–H and O–H groups in total. The van der Waals surface area contributed by atoms with Crippen molar-refractivity contribution in [3.8, 4) is 6.07 Å². The number of hydrogen-bond acceptors (Lipinski definition) is 7. The van der Waals surface area contributed by atoms with Gasteiger partial charge in [0, 0.05) is 6.20 Å². The standard InChI is InChI=1S/C11H8N4O4S2/c1-6-9(11(16)17)10(20-14-6)15-21(18,19)8-3-2-7(4-12)13-5-8/h2-3,5,15H,1H3,(H,16,17). The first-order valence-corrected chi connectivity index (χ1v) is 7.69. The van der Waals surface area contributed by atoms with Gasteiger partial charge in [-0.2, -0.15) is 9.64 Å². The molecule has 2 heterocycles. The van der Waals surface area contributed by atoms with Crippen LogP contribution in [0.5, 0.6) is 0 Å². The second-order valence-corrected chi connectivity index (χ2v) is 6.33. The minimum atomic E-state index is -4.00. The van der Waals surface area contributed by atoms with Gasteiger partial charge in [-0.05, 0) is 30.6 Å². The van der Waals surface area contributed by atoms with Crippen molar-refractivity contribution < 1.29 is 18.3 Å². The summed E-state index contributed by atoms with van der Waals surface area (Å²) in [6, 6.07) is 4.24. The monoisotopic (exact) mass is 324 g/mol. The average molecular weight is 324 g/mol. The minimum Gasteiger partial charge on any atom is -0.478 e. The highest BCUT2D eigenvalue weighted by Gasteiger charge is 2.23. The number of sulfonamides is 1. The van der Waals surface area contributed by atoms with E-state index in [2.05, 4.69) is 14.1 Å². The number of aromatic nitrogens is 2. The number of carboxylic acids is 1. The van der Waals surface area contributed by atoms with Gasteiger partial charge in [0.05, 0.1) is 5.69 Å². The van der Waals surface area contributed by atoms with Crippen molar-refractivity contribution in [1.29, 1.82) is 5.26 Å². The van der Waals surface area contributed by atoms with Gasteiger partial charge in [0.25, 0.3) is 10.0 Å². The average Bonchev–Trinajstić information content (AvgIpc) is 2.79. The molecule has 0 aromatic carbocycles. The third kappa shape index (κ3) is 2.99. The van der Waals surface area contributed by atoms with E-state index < -0.39 is 16.0 Å². The maximum Gasteiger partial charge on any atom is 0.340 e. The summed E-state index contributed by atoms with van der Waals surface area (Å²) in [5.74, 6) is -1.27. The van der Waals surface area contributed by atoms with Gasteiger partial charge in [-0.1, -0.05) is 0 Å². The van der Waals surface area contributed by atoms with Crippen molar-refractivity contribution in [2.24, 2.45) is 0 Å². The number of aromatic carboxylic acids is 1. The lowest BCUT2D eigenvalue weighted by atomic mass is 10.2. The van der Waals surface area contributed by atoms with E-state index in [4.69, 9.17) is 10.4 Å². The predicted octanol–water partition coefficient (Wildman–Crippen LogP) is 1.22. The molecule has 0 aliphatic rings. The highest BCUT2D eigenvalue weighted by Crippen LogP contribution is 2.27. The van der Waals surface area contributed by atoms with E-state index in [1.165, 1.54) is 19.1 Å². The van der Waals surface area contributed by atoms with E-state index >= 15 is 0 Å². The Morgan fingerprint density at radius 2 is 2.19 bits per heavy atom. The van der Waals surface area contributed by atoms with Gasteiger partial charge >= 0.3 is 5.97 Å². The van der Waals surface area contributed by atoms with E-state index in [1.807, 2.05) is 0 Å². The fraction of sp³-hybridized carbons (Fsp3) is 0.0909. The second-order valence-electron chi connectivity index (χ2n) is 3.87. The molecular weight excluding hydrogens is 316 g/mol. The molecule has 2 aromatic heterocycles. The van der Waals surface area contributed by atoms with E-state index in [-0.39, 0.29) is 26.8 Å². The van der Waals surface area contributed by atoms with Crippen molar-refractivity contribution in [1.82, 2.24) is 9.36 Å². The molecular formula is C11H8N4O4S2. The fourth-order valence-electron chi connectivity index (χ4n) is 1.48. The number of carbonyl (C=O) groups is 1. The molecule has 8 nitrogen and oxygen atoms in total. The molecule has 0 amide bonds. The summed E-state index contributed by atoms with van der Waals surface area (Å²) in [4.78, 5) is 14.6. The lowest BCUT2D eigenvalue weighted by molar-refractivity contribution is 0.0697. The molecule has 0 aliphatic heterocycles. The van der Waals surface area contributed by atoms with Crippen LogP contribution in [-0.2, 0) is 10.0 Å². The van der Waals surface area contributed by atoms with Crippen LogP contribution in [0.3, 0.4) is 0 Å². The zero-order valence-corrected chi connectivity index (χ0v) is 12.2. The van der Waals surface area contributed by atoms with Crippen molar-refractivity contribution in [2.75, 3.05) is 4.72 Å². The Morgan fingerprint density at radius 3 is 2.71 bits per heavy atom. The number of nitrogens with zero attached hydrogens (tertiary/aromatic N) is 3. The van der Waals surface area contributed by atoms with Gasteiger partial charge < -0.3 is 5.11 Å². The molecule has 0 radical (unpaired) electrons. The van der Waals surface area contributed by atoms with E-state index in [9.17, 15) is 13.2 Å². The lowest BCUT2D eigenvalue weighted by Gasteiger charge is -2.06. The first-order chi connectivity index (χ1) is 9.85. The Bertz CT molecular complexity index is 834. The van der Waals surface area contributed by atoms with E-state index in [0.29, 0.717) is 0 Å². The maximum absolute atomic E-state index is 12.1. The summed E-state index contributed by atoms with van der Waals surface area (Å²) in [7, 11) is -4.00. The Kier molecular flexibility index (Phi) is 3.88. The fourth-order valence-corrected chi connectivity index (χ4v) is 3.50. The SMILES string of the molecule is Cc1nsc(NS(=O)(=O)c2ccc(C#N)nc2)c1C(=O)O. The third-order valence-electron chi connectivity index (χ3n) is 2.46. The summed E-state index contributed by atoms with van der Waals surface area (Å²) in [6.07, 6.45) is 1.02. The Labute approximate surface area is 123 Å². The number of anilines is 1. The topological polar surface area (TPSA) is 133 Å². The molecule has 0 spiro atoms. The molecule has 21 heavy (non-hydrogen) atoms.